The van der Waals surface area contributed by atoms with Crippen LogP contribution in [0.15, 0.2) is 24.3 Å². The monoisotopic (exact) mass is 343 g/mol. The molecule has 2 saturated heterocycles. The first kappa shape index (κ1) is 16.0. The van der Waals surface area contributed by atoms with E-state index in [0.29, 0.717) is 11.4 Å². The zero-order valence-electron chi connectivity index (χ0n) is 12.1. The number of fused-ring (bicyclic) bond motifs is 1. The standard InChI is InChI=1S/C15H19ClNO4P/c16-11-6-4-10(5-7-11)13-3-1-2-12-8-9-14(22(19,20)21)15(18)17(12)13/h4-7,12-14H,1-3,8-9H2,(H2,19,20,21)/t12-,13+,14?/m1/s1. The molecule has 0 aromatic heterocycles. The third-order valence-electron chi connectivity index (χ3n) is 4.72. The molecule has 2 aliphatic heterocycles. The van der Waals surface area contributed by atoms with E-state index in [4.69, 9.17) is 11.6 Å². The van der Waals surface area contributed by atoms with E-state index in [1.807, 2.05) is 12.1 Å². The number of piperidine rings is 2. The van der Waals surface area contributed by atoms with Crippen LogP contribution in [0.4, 0.5) is 0 Å². The van der Waals surface area contributed by atoms with E-state index in [-0.39, 0.29) is 18.5 Å². The van der Waals surface area contributed by atoms with Crippen molar-refractivity contribution in [1.82, 2.24) is 4.90 Å². The second kappa shape index (κ2) is 5.97. The molecule has 1 unspecified atom stereocenters. The molecule has 0 spiro atoms. The summed E-state index contributed by atoms with van der Waals surface area (Å²) in [6.45, 7) is 0. The number of carbonyl (C=O) groups is 1. The Labute approximate surface area is 134 Å². The summed E-state index contributed by atoms with van der Waals surface area (Å²) in [5, 5.41) is 0.633. The minimum atomic E-state index is -4.40. The highest BCUT2D eigenvalue weighted by Crippen LogP contribution is 2.50. The van der Waals surface area contributed by atoms with Gasteiger partial charge in [0.25, 0.3) is 0 Å². The fraction of sp³-hybridized carbons (Fsp3) is 0.533. The van der Waals surface area contributed by atoms with Crippen LogP contribution in [-0.2, 0) is 9.36 Å². The normalized spacial score (nSPS) is 29.3. The van der Waals surface area contributed by atoms with Crippen molar-refractivity contribution in [3.05, 3.63) is 34.9 Å². The van der Waals surface area contributed by atoms with Crippen molar-refractivity contribution in [1.29, 1.82) is 0 Å². The molecule has 120 valence electrons. The maximum absolute atomic E-state index is 12.7. The van der Waals surface area contributed by atoms with Crippen LogP contribution in [0.5, 0.6) is 0 Å². The van der Waals surface area contributed by atoms with Crippen molar-refractivity contribution in [2.45, 2.75) is 49.8 Å². The Bertz CT molecular complexity index is 614. The summed E-state index contributed by atoms with van der Waals surface area (Å²) >= 11 is 5.92. The van der Waals surface area contributed by atoms with Crippen molar-refractivity contribution >= 4 is 25.1 Å². The maximum atomic E-state index is 12.7. The predicted octanol–water partition coefficient (Wildman–Crippen LogP) is 3.10. The minimum Gasteiger partial charge on any atom is -0.332 e. The number of rotatable bonds is 2. The van der Waals surface area contributed by atoms with Crippen LogP contribution in [0.1, 0.15) is 43.7 Å². The summed E-state index contributed by atoms with van der Waals surface area (Å²) < 4.78 is 11.6. The van der Waals surface area contributed by atoms with E-state index in [0.717, 1.165) is 24.8 Å². The lowest BCUT2D eigenvalue weighted by molar-refractivity contribution is -0.142. The molecule has 7 heteroatoms. The molecular weight excluding hydrogens is 325 g/mol. The summed E-state index contributed by atoms with van der Waals surface area (Å²) in [6, 6.07) is 7.33. The number of hydrogen-bond acceptors (Lipinski definition) is 2. The Morgan fingerprint density at radius 2 is 1.77 bits per heavy atom. The van der Waals surface area contributed by atoms with Crippen molar-refractivity contribution in [3.63, 3.8) is 0 Å². The van der Waals surface area contributed by atoms with Gasteiger partial charge in [-0.1, -0.05) is 23.7 Å². The lowest BCUT2D eigenvalue weighted by Crippen LogP contribution is -2.53. The summed E-state index contributed by atoms with van der Waals surface area (Å²) in [7, 11) is -4.40. The van der Waals surface area contributed by atoms with Crippen LogP contribution in [0.25, 0.3) is 0 Å². The van der Waals surface area contributed by atoms with E-state index < -0.39 is 19.2 Å². The topological polar surface area (TPSA) is 77.8 Å². The van der Waals surface area contributed by atoms with Crippen LogP contribution < -0.4 is 0 Å². The Balaban J connectivity index is 1.92. The third kappa shape index (κ3) is 2.95. The first-order valence-corrected chi connectivity index (χ1v) is 9.57. The lowest BCUT2D eigenvalue weighted by Gasteiger charge is -2.47. The van der Waals surface area contributed by atoms with Gasteiger partial charge in [0.05, 0.1) is 6.04 Å². The summed E-state index contributed by atoms with van der Waals surface area (Å²) in [5.74, 6) is -0.399. The first-order valence-electron chi connectivity index (χ1n) is 7.51. The van der Waals surface area contributed by atoms with Gasteiger partial charge in [0.15, 0.2) is 0 Å². The van der Waals surface area contributed by atoms with Gasteiger partial charge in [-0.05, 0) is 49.8 Å². The Kier molecular flexibility index (Phi) is 4.34. The Morgan fingerprint density at radius 1 is 1.09 bits per heavy atom. The van der Waals surface area contributed by atoms with Gasteiger partial charge in [-0.3, -0.25) is 9.36 Å². The first-order chi connectivity index (χ1) is 10.4. The zero-order valence-corrected chi connectivity index (χ0v) is 13.7. The Morgan fingerprint density at radius 3 is 2.41 bits per heavy atom. The molecule has 3 rings (SSSR count). The number of benzene rings is 1. The summed E-state index contributed by atoms with van der Waals surface area (Å²) in [6.07, 6.45) is 3.67. The number of halogens is 1. The third-order valence-corrected chi connectivity index (χ3v) is 6.26. The van der Waals surface area contributed by atoms with Crippen LogP contribution >= 0.6 is 19.2 Å². The molecule has 2 aliphatic rings. The van der Waals surface area contributed by atoms with Gasteiger partial charge >= 0.3 is 7.60 Å². The van der Waals surface area contributed by atoms with Crippen molar-refractivity contribution in [3.8, 4) is 0 Å². The van der Waals surface area contributed by atoms with E-state index in [1.165, 1.54) is 0 Å². The van der Waals surface area contributed by atoms with Crippen LogP contribution in [0.2, 0.25) is 5.02 Å². The van der Waals surface area contributed by atoms with Crippen LogP contribution in [0, 0.1) is 0 Å². The fourth-order valence-electron chi connectivity index (χ4n) is 3.67. The number of nitrogens with zero attached hydrogens (tertiary/aromatic N) is 1. The van der Waals surface area contributed by atoms with Gasteiger partial charge in [-0.15, -0.1) is 0 Å². The largest absolute Gasteiger partial charge is 0.337 e. The molecule has 3 atom stereocenters. The smallest absolute Gasteiger partial charge is 0.332 e. The summed E-state index contributed by atoms with van der Waals surface area (Å²) in [5.41, 5.74) is -0.203. The van der Waals surface area contributed by atoms with Gasteiger partial charge in [0.1, 0.15) is 5.66 Å². The van der Waals surface area contributed by atoms with E-state index in [2.05, 4.69) is 0 Å². The minimum absolute atomic E-state index is 0.0877. The van der Waals surface area contributed by atoms with E-state index in [9.17, 15) is 19.1 Å². The van der Waals surface area contributed by atoms with Crippen LogP contribution in [-0.4, -0.2) is 32.3 Å². The quantitative estimate of drug-likeness (QED) is 0.809. The highest BCUT2D eigenvalue weighted by Gasteiger charge is 2.47. The van der Waals surface area contributed by atoms with Crippen molar-refractivity contribution in [2.24, 2.45) is 0 Å². The van der Waals surface area contributed by atoms with Gasteiger partial charge in [0.2, 0.25) is 5.91 Å². The molecule has 22 heavy (non-hydrogen) atoms. The molecule has 1 amide bonds. The SMILES string of the molecule is O=C1C(P(=O)(O)O)CC[C@H]2CCC[C@@H](c3ccc(Cl)cc3)N12. The van der Waals surface area contributed by atoms with Gasteiger partial charge in [-0.25, -0.2) is 0 Å². The molecule has 2 heterocycles. The van der Waals surface area contributed by atoms with Crippen molar-refractivity contribution < 1.29 is 19.1 Å². The molecule has 2 fully saturated rings. The van der Waals surface area contributed by atoms with Crippen molar-refractivity contribution in [2.75, 3.05) is 0 Å². The second-order valence-electron chi connectivity index (χ2n) is 6.08. The van der Waals surface area contributed by atoms with E-state index >= 15 is 0 Å². The molecule has 2 N–H and O–H groups in total. The zero-order chi connectivity index (χ0) is 15.9. The lowest BCUT2D eigenvalue weighted by atomic mass is 9.85. The second-order valence-corrected chi connectivity index (χ2v) is 8.32. The van der Waals surface area contributed by atoms with Gasteiger partial charge in [-0.2, -0.15) is 0 Å². The maximum Gasteiger partial charge on any atom is 0.337 e. The summed E-state index contributed by atoms with van der Waals surface area (Å²) in [4.78, 5) is 33.3. The molecule has 0 bridgehead atoms. The van der Waals surface area contributed by atoms with E-state index in [1.54, 1.807) is 17.0 Å². The molecule has 0 radical (unpaired) electrons. The van der Waals surface area contributed by atoms with Gasteiger partial charge in [0, 0.05) is 11.1 Å². The average Bonchev–Trinajstić information content (AvgIpc) is 2.46. The molecule has 0 aliphatic carbocycles. The molecule has 5 nitrogen and oxygen atoms in total. The molecule has 1 aromatic rings. The number of amides is 1. The predicted molar refractivity (Wildman–Crippen MR) is 83.7 cm³/mol. The molecule has 1 aromatic carbocycles. The van der Waals surface area contributed by atoms with Gasteiger partial charge < -0.3 is 14.7 Å². The highest BCUT2D eigenvalue weighted by atomic mass is 35.5. The highest BCUT2D eigenvalue weighted by molar-refractivity contribution is 7.53. The Hall–Kier alpha value is -0.870. The molecule has 0 saturated carbocycles. The number of hydrogen-bond donors (Lipinski definition) is 2. The average molecular weight is 344 g/mol. The molecular formula is C15H19ClNO4P. The number of carbonyl (C=O) groups excluding carboxylic acids is 1. The van der Waals surface area contributed by atoms with Crippen LogP contribution in [0.3, 0.4) is 0 Å². The fourth-order valence-corrected chi connectivity index (χ4v) is 4.70.